The van der Waals surface area contributed by atoms with Gasteiger partial charge < -0.3 is 37.6 Å². The number of ether oxygens (including phenoxy) is 5. The van der Waals surface area contributed by atoms with Crippen molar-refractivity contribution >= 4 is 23.6 Å². The molecule has 396 valence electrons. The van der Waals surface area contributed by atoms with Crippen molar-refractivity contribution in [3.05, 3.63) is 83.1 Å². The Labute approximate surface area is 416 Å². The number of pyridine rings is 2. The molecule has 3 N–H and O–H groups in total. The topological polar surface area (TPSA) is 228 Å². The van der Waals surface area contributed by atoms with Crippen LogP contribution in [-0.4, -0.2) is 84.4 Å². The maximum atomic E-state index is 14.8. The van der Waals surface area contributed by atoms with Crippen molar-refractivity contribution in [1.82, 2.24) is 30.4 Å². The fourth-order valence-electron chi connectivity index (χ4n) is 7.22. The van der Waals surface area contributed by atoms with Crippen molar-refractivity contribution < 1.29 is 73.6 Å². The summed E-state index contributed by atoms with van der Waals surface area (Å²) in [7, 11) is 0. The van der Waals surface area contributed by atoms with Gasteiger partial charge in [0, 0.05) is 17.5 Å². The van der Waals surface area contributed by atoms with Crippen LogP contribution >= 0.6 is 0 Å². The van der Waals surface area contributed by atoms with Crippen LogP contribution < -0.4 is 20.1 Å². The monoisotopic (exact) mass is 1030 g/mol. The molecule has 0 spiro atoms. The number of amides is 2. The van der Waals surface area contributed by atoms with E-state index in [0.717, 1.165) is 0 Å². The number of anilines is 2. The average Bonchev–Trinajstić information content (AvgIpc) is 3.98. The molecule has 6 heterocycles. The number of benzene rings is 1. The summed E-state index contributed by atoms with van der Waals surface area (Å²) in [6, 6.07) is 11.6. The highest BCUT2D eigenvalue weighted by Gasteiger charge is 2.61. The van der Waals surface area contributed by atoms with E-state index in [9.17, 15) is 41.0 Å². The third kappa shape index (κ3) is 14.2. The third-order valence-electron chi connectivity index (χ3n) is 10.8. The van der Waals surface area contributed by atoms with E-state index < -0.39 is 77.5 Å². The van der Waals surface area contributed by atoms with E-state index in [4.69, 9.17) is 32.5 Å². The summed E-state index contributed by atoms with van der Waals surface area (Å²) >= 11 is 0. The van der Waals surface area contributed by atoms with Gasteiger partial charge in [0.05, 0.1) is 31.2 Å². The van der Waals surface area contributed by atoms with Gasteiger partial charge in [-0.3, -0.25) is 10.6 Å². The Morgan fingerprint density at radius 1 is 0.671 bits per heavy atom. The molecule has 24 heteroatoms. The van der Waals surface area contributed by atoms with Crippen LogP contribution in [0.25, 0.3) is 23.2 Å². The number of carbonyl (C=O) groups is 2. The van der Waals surface area contributed by atoms with Crippen molar-refractivity contribution in [2.24, 2.45) is 0 Å². The number of fused-ring (bicyclic) bond motifs is 10. The summed E-state index contributed by atoms with van der Waals surface area (Å²) < 4.78 is 124. The van der Waals surface area contributed by atoms with Gasteiger partial charge in [0.1, 0.15) is 11.2 Å². The van der Waals surface area contributed by atoms with Crippen molar-refractivity contribution in [3.63, 3.8) is 0 Å². The van der Waals surface area contributed by atoms with Crippen molar-refractivity contribution in [2.75, 3.05) is 23.8 Å². The highest BCUT2D eigenvalue weighted by atomic mass is 19.4. The molecule has 2 aliphatic heterocycles. The van der Waals surface area contributed by atoms with Crippen LogP contribution in [0.15, 0.2) is 63.5 Å². The molecule has 0 saturated carbocycles. The number of alkyl halides is 6. The molecule has 0 unspecified atom stereocenters. The largest absolute Gasteiger partial charge is 0.477 e. The maximum Gasteiger partial charge on any atom is 0.426 e. The summed E-state index contributed by atoms with van der Waals surface area (Å²) in [5, 5.41) is 30.4. The quantitative estimate of drug-likeness (QED) is 0.110. The first kappa shape index (κ1) is 55.5. The van der Waals surface area contributed by atoms with Gasteiger partial charge in [0.2, 0.25) is 23.0 Å². The number of nitrogens with zero attached hydrogens (tertiary/aromatic N) is 6. The number of nitrogens with one attached hydrogen (secondary N) is 2. The Balaban J connectivity index is 0.000000243. The summed E-state index contributed by atoms with van der Waals surface area (Å²) in [6.07, 6.45) is -6.98. The zero-order valence-corrected chi connectivity index (χ0v) is 41.5. The number of rotatable bonds is 5. The number of hydrogen-bond acceptors (Lipinski definition) is 16. The second-order valence-electron chi connectivity index (χ2n) is 19.2. The van der Waals surface area contributed by atoms with Crippen LogP contribution in [0.4, 0.5) is 47.3 Å². The minimum absolute atomic E-state index is 0.0723. The number of aryl methyl sites for hydroxylation is 2. The molecule has 73 heavy (non-hydrogen) atoms. The van der Waals surface area contributed by atoms with Crippen LogP contribution in [0.3, 0.4) is 0 Å². The summed E-state index contributed by atoms with van der Waals surface area (Å²) in [6.45, 7) is 13.8. The average molecular weight is 1030 g/mol. The second-order valence-corrected chi connectivity index (χ2v) is 19.2. The molecule has 5 aromatic rings. The first-order valence-electron chi connectivity index (χ1n) is 23.3. The lowest BCUT2D eigenvalue weighted by Gasteiger charge is -2.31. The van der Waals surface area contributed by atoms with Crippen molar-refractivity contribution in [2.45, 2.75) is 148 Å². The Bertz CT molecular complexity index is 2720. The van der Waals surface area contributed by atoms with Gasteiger partial charge in [-0.2, -0.15) is 26.3 Å². The number of aromatic nitrogens is 6. The maximum absolute atomic E-state index is 14.8. The molecule has 2 aliphatic rings. The van der Waals surface area contributed by atoms with Crippen LogP contribution in [0.5, 0.6) is 11.8 Å². The van der Waals surface area contributed by atoms with E-state index in [2.05, 4.69) is 41.0 Å². The van der Waals surface area contributed by atoms with Crippen LogP contribution in [0, 0.1) is 13.8 Å². The zero-order chi connectivity index (χ0) is 53.4. The molecule has 2 atom stereocenters. The van der Waals surface area contributed by atoms with Crippen molar-refractivity contribution in [3.8, 4) is 34.9 Å². The van der Waals surface area contributed by atoms with Gasteiger partial charge in [-0.1, -0.05) is 55.3 Å². The third-order valence-corrected chi connectivity index (χ3v) is 10.8. The number of carbonyl (C=O) groups excluding carboxylic acids is 2. The molecule has 0 aliphatic carbocycles. The van der Waals surface area contributed by atoms with E-state index in [1.165, 1.54) is 12.1 Å². The second kappa shape index (κ2) is 22.5. The first-order valence-corrected chi connectivity index (χ1v) is 23.3. The molecule has 2 amide bonds. The van der Waals surface area contributed by atoms with E-state index in [1.807, 2.05) is 0 Å². The Hall–Kier alpha value is -6.82. The van der Waals surface area contributed by atoms with E-state index in [-0.39, 0.29) is 60.0 Å². The van der Waals surface area contributed by atoms with E-state index >= 15 is 0 Å². The first-order chi connectivity index (χ1) is 34.2. The Morgan fingerprint density at radius 2 is 1.18 bits per heavy atom. The lowest BCUT2D eigenvalue weighted by molar-refractivity contribution is -0.295. The molecule has 1 aromatic carbocycles. The number of allylic oxidation sites excluding steroid dienone is 1. The molecule has 4 aromatic heterocycles. The summed E-state index contributed by atoms with van der Waals surface area (Å²) in [4.78, 5) is 33.6. The van der Waals surface area contributed by atoms with E-state index in [0.29, 0.717) is 55.4 Å². The minimum atomic E-state index is -5.03. The molecule has 0 fully saturated rings. The predicted octanol–water partition coefficient (Wildman–Crippen LogP) is 11.8. The SMILES string of the molecule is Cc1cc(NC(=O)OC(C)(C)C)c2nc1OCCCC=CC[C@](OCc1ccccc1)(C(F)(F)F)c1nnc-2o1.Cc1cc(NC(=O)OC(C)(C)C)c2nc1OCCCCCC[C@](O)(C(F)(F)F)c1nnc-2o1. The fraction of sp³-hybridized carbons (Fsp3) is 0.510. The van der Waals surface area contributed by atoms with Gasteiger partial charge in [-0.25, -0.2) is 19.6 Å². The standard InChI is InChI=1S/C28H31F3N4O5.C21H27F3N4O5/c1-18-16-20(32-25(36)40-26(2,3)4)21-23-34-35-24(39-23)27(28(29,30)31,38-17-19-12-8-7-9-13-19)14-10-5-6-11-15-37-22(18)33-21;1-12-11-13(25-18(29)33-19(2,3)4)14-16-27-28-17(32-16)20(30,21(22,23)24)9-7-5-6-8-10-31-15(12)26-14/h5,7-10,12-13,16H,6,11,14-15,17H2,1-4H3,(H,32,36);11,30H,5-10H2,1-4H3,(H,25,29)/t27-;20-/m11/s1. The van der Waals surface area contributed by atoms with Gasteiger partial charge in [0.25, 0.3) is 23.6 Å². The van der Waals surface area contributed by atoms with Crippen LogP contribution in [-0.2, 0) is 32.0 Å². The molecule has 0 radical (unpaired) electrons. The van der Waals surface area contributed by atoms with Gasteiger partial charge >= 0.3 is 24.5 Å². The molecule has 18 nitrogen and oxygen atoms in total. The lowest BCUT2D eigenvalue weighted by Crippen LogP contribution is -2.45. The Kier molecular flexibility index (Phi) is 17.1. The van der Waals surface area contributed by atoms with Crippen molar-refractivity contribution in [1.29, 1.82) is 0 Å². The highest BCUT2D eigenvalue weighted by molar-refractivity contribution is 5.90. The van der Waals surface area contributed by atoms with Crippen LogP contribution in [0.1, 0.15) is 121 Å². The van der Waals surface area contributed by atoms with Gasteiger partial charge in [-0.05, 0) is 105 Å². The fourth-order valence-corrected chi connectivity index (χ4v) is 7.22. The molecular formula is C49H58F6N8O10. The number of halogens is 6. The Morgan fingerprint density at radius 3 is 1.70 bits per heavy atom. The smallest absolute Gasteiger partial charge is 0.426 e. The summed E-state index contributed by atoms with van der Waals surface area (Å²) in [5.74, 6) is -2.13. The number of hydrogen-bond donors (Lipinski definition) is 3. The van der Waals surface area contributed by atoms with Gasteiger partial charge in [0.15, 0.2) is 11.4 Å². The molecule has 0 saturated heterocycles. The normalized spacial score (nSPS) is 18.8. The molecular weight excluding hydrogens is 975 g/mol. The van der Waals surface area contributed by atoms with E-state index in [1.54, 1.807) is 97.9 Å². The summed E-state index contributed by atoms with van der Waals surface area (Å²) in [5.41, 5.74) is -6.13. The molecule has 7 rings (SSSR count). The van der Waals surface area contributed by atoms with Crippen LogP contribution in [0.2, 0.25) is 0 Å². The highest BCUT2D eigenvalue weighted by Crippen LogP contribution is 2.47. The minimum Gasteiger partial charge on any atom is -0.477 e. The number of aliphatic hydroxyl groups is 1. The molecule has 8 bridgehead atoms. The zero-order valence-electron chi connectivity index (χ0n) is 41.5. The van der Waals surface area contributed by atoms with Gasteiger partial charge in [-0.15, -0.1) is 20.4 Å². The predicted molar refractivity (Wildman–Crippen MR) is 250 cm³/mol. The lowest BCUT2D eigenvalue weighted by atomic mass is 9.95.